The largest absolute Gasteiger partial charge is 0.396 e. The van der Waals surface area contributed by atoms with Crippen molar-refractivity contribution in [2.24, 2.45) is 4.99 Å². The number of aryl methyl sites for hydroxylation is 1. The second-order valence-electron chi connectivity index (χ2n) is 8.07. The Balaban J connectivity index is 0.00000341. The number of ether oxygens (including phenoxy) is 1. The third-order valence-electron chi connectivity index (χ3n) is 6.06. The summed E-state index contributed by atoms with van der Waals surface area (Å²) < 4.78 is 5.68. The van der Waals surface area contributed by atoms with Gasteiger partial charge in [0.15, 0.2) is 5.96 Å². The Morgan fingerprint density at radius 1 is 1.06 bits per heavy atom. The van der Waals surface area contributed by atoms with Crippen LogP contribution in [0.5, 0.6) is 0 Å². The molecule has 0 amide bonds. The van der Waals surface area contributed by atoms with Crippen LogP contribution in [-0.2, 0) is 10.2 Å². The third-order valence-corrected chi connectivity index (χ3v) is 6.06. The highest BCUT2D eigenvalue weighted by Crippen LogP contribution is 2.37. The van der Waals surface area contributed by atoms with E-state index in [1.165, 1.54) is 11.1 Å². The standard InChI is InChI=1S/C25H35N3O2.HI/c1-3-26-24(27-17-22(18-29)21-10-5-4-6-11-21)28-19-25(13-15-30-16-14-25)23-12-8-7-9-20(23)2;/h4-12,22,29H,3,13-19H2,1-2H3,(H2,26,27,28);1H. The molecule has 3 rings (SSSR count). The highest BCUT2D eigenvalue weighted by atomic mass is 127. The first-order valence-electron chi connectivity index (χ1n) is 11.0. The number of aliphatic hydroxyl groups excluding tert-OH is 1. The summed E-state index contributed by atoms with van der Waals surface area (Å²) in [5.41, 5.74) is 3.83. The van der Waals surface area contributed by atoms with Gasteiger partial charge in [0.05, 0.1) is 13.2 Å². The van der Waals surface area contributed by atoms with Crippen LogP contribution in [0.4, 0.5) is 0 Å². The Morgan fingerprint density at radius 2 is 1.74 bits per heavy atom. The molecule has 1 aliphatic rings. The topological polar surface area (TPSA) is 65.9 Å². The van der Waals surface area contributed by atoms with Gasteiger partial charge in [-0.15, -0.1) is 24.0 Å². The van der Waals surface area contributed by atoms with E-state index < -0.39 is 0 Å². The summed E-state index contributed by atoms with van der Waals surface area (Å²) in [6.07, 6.45) is 1.95. The molecular weight excluding hydrogens is 501 g/mol. The average molecular weight is 537 g/mol. The van der Waals surface area contributed by atoms with E-state index in [0.29, 0.717) is 13.1 Å². The van der Waals surface area contributed by atoms with Crippen LogP contribution in [-0.4, -0.2) is 50.5 Å². The fourth-order valence-corrected chi connectivity index (χ4v) is 4.25. The van der Waals surface area contributed by atoms with Crippen molar-refractivity contribution in [2.75, 3.05) is 39.5 Å². The number of nitrogens with zero attached hydrogens (tertiary/aromatic N) is 1. The van der Waals surface area contributed by atoms with Gasteiger partial charge in [0.2, 0.25) is 0 Å². The van der Waals surface area contributed by atoms with Crippen molar-refractivity contribution in [1.82, 2.24) is 10.6 Å². The number of halogens is 1. The van der Waals surface area contributed by atoms with E-state index in [1.807, 2.05) is 18.2 Å². The Hall–Kier alpha value is -1.64. The normalized spacial score (nSPS) is 16.8. The molecule has 1 heterocycles. The lowest BCUT2D eigenvalue weighted by Gasteiger charge is -2.37. The summed E-state index contributed by atoms with van der Waals surface area (Å²) in [6.45, 7) is 8.04. The van der Waals surface area contributed by atoms with Crippen LogP contribution in [0.15, 0.2) is 59.6 Å². The molecule has 0 aliphatic carbocycles. The Kier molecular flexibility index (Phi) is 10.8. The van der Waals surface area contributed by atoms with Crippen LogP contribution < -0.4 is 10.6 Å². The summed E-state index contributed by atoms with van der Waals surface area (Å²) in [5.74, 6) is 0.829. The van der Waals surface area contributed by atoms with Crippen LogP contribution in [0.1, 0.15) is 42.4 Å². The number of aliphatic hydroxyl groups is 1. The van der Waals surface area contributed by atoms with Gasteiger partial charge < -0.3 is 20.5 Å². The lowest BCUT2D eigenvalue weighted by atomic mass is 9.72. The zero-order valence-corrected chi connectivity index (χ0v) is 21.0. The molecule has 0 saturated carbocycles. The molecule has 170 valence electrons. The van der Waals surface area contributed by atoms with Crippen molar-refractivity contribution < 1.29 is 9.84 Å². The van der Waals surface area contributed by atoms with Gasteiger partial charge in [0, 0.05) is 37.6 Å². The molecule has 1 unspecified atom stereocenters. The maximum Gasteiger partial charge on any atom is 0.191 e. The van der Waals surface area contributed by atoms with Gasteiger partial charge in [-0.25, -0.2) is 0 Å². The van der Waals surface area contributed by atoms with Crippen molar-refractivity contribution in [3.05, 3.63) is 71.3 Å². The maximum atomic E-state index is 9.86. The van der Waals surface area contributed by atoms with Gasteiger partial charge in [0.25, 0.3) is 0 Å². The van der Waals surface area contributed by atoms with Crippen molar-refractivity contribution in [3.8, 4) is 0 Å². The van der Waals surface area contributed by atoms with Gasteiger partial charge in [0.1, 0.15) is 0 Å². The molecule has 31 heavy (non-hydrogen) atoms. The predicted octanol–water partition coefficient (Wildman–Crippen LogP) is 3.99. The molecule has 1 aliphatic heterocycles. The van der Waals surface area contributed by atoms with Gasteiger partial charge in [-0.1, -0.05) is 54.6 Å². The molecule has 0 bridgehead atoms. The fraction of sp³-hybridized carbons (Fsp3) is 0.480. The highest BCUT2D eigenvalue weighted by Gasteiger charge is 2.35. The molecule has 1 fully saturated rings. The van der Waals surface area contributed by atoms with Gasteiger partial charge >= 0.3 is 0 Å². The van der Waals surface area contributed by atoms with E-state index in [9.17, 15) is 5.11 Å². The Bertz CT molecular complexity index is 807. The summed E-state index contributed by atoms with van der Waals surface area (Å²) in [5, 5.41) is 16.7. The van der Waals surface area contributed by atoms with Gasteiger partial charge in [-0.2, -0.15) is 0 Å². The van der Waals surface area contributed by atoms with Crippen molar-refractivity contribution in [2.45, 2.75) is 38.0 Å². The number of hydrogen-bond acceptors (Lipinski definition) is 3. The number of benzene rings is 2. The van der Waals surface area contributed by atoms with E-state index >= 15 is 0 Å². The van der Waals surface area contributed by atoms with Crippen LogP contribution in [0.3, 0.4) is 0 Å². The molecule has 5 nitrogen and oxygen atoms in total. The quantitative estimate of drug-likeness (QED) is 0.271. The third kappa shape index (κ3) is 6.92. The molecule has 1 atom stereocenters. The zero-order chi connectivity index (χ0) is 21.2. The number of aliphatic imine (C=N–C) groups is 1. The summed E-state index contributed by atoms with van der Waals surface area (Å²) in [4.78, 5) is 4.98. The minimum atomic E-state index is 0. The number of guanidine groups is 1. The Labute approximate surface area is 203 Å². The van der Waals surface area contributed by atoms with Crippen molar-refractivity contribution in [3.63, 3.8) is 0 Å². The van der Waals surface area contributed by atoms with Gasteiger partial charge in [-0.3, -0.25) is 4.99 Å². The van der Waals surface area contributed by atoms with Crippen LogP contribution in [0, 0.1) is 6.92 Å². The molecule has 0 radical (unpaired) electrons. The molecular formula is C25H36IN3O2. The fourth-order valence-electron chi connectivity index (χ4n) is 4.25. The first kappa shape index (κ1) is 25.6. The monoisotopic (exact) mass is 537 g/mol. The second kappa shape index (κ2) is 13.0. The summed E-state index contributed by atoms with van der Waals surface area (Å²) >= 11 is 0. The SMILES string of the molecule is CCNC(=NCC1(c2ccccc2C)CCOCC1)NCC(CO)c1ccccc1.I. The van der Waals surface area contributed by atoms with E-state index in [-0.39, 0.29) is 41.9 Å². The maximum absolute atomic E-state index is 9.86. The van der Waals surface area contributed by atoms with E-state index in [4.69, 9.17) is 9.73 Å². The lowest BCUT2D eigenvalue weighted by Crippen LogP contribution is -2.42. The molecule has 2 aromatic rings. The first-order chi connectivity index (χ1) is 14.7. The Morgan fingerprint density at radius 3 is 2.39 bits per heavy atom. The molecule has 1 saturated heterocycles. The van der Waals surface area contributed by atoms with Gasteiger partial charge in [-0.05, 0) is 43.4 Å². The zero-order valence-electron chi connectivity index (χ0n) is 18.6. The van der Waals surface area contributed by atoms with E-state index in [2.05, 4.69) is 60.9 Å². The van der Waals surface area contributed by atoms with Crippen LogP contribution in [0.2, 0.25) is 0 Å². The number of nitrogens with one attached hydrogen (secondary N) is 2. The van der Waals surface area contributed by atoms with Crippen molar-refractivity contribution in [1.29, 1.82) is 0 Å². The molecule has 3 N–H and O–H groups in total. The minimum absolute atomic E-state index is 0. The molecule has 0 aromatic heterocycles. The number of hydrogen-bond donors (Lipinski definition) is 3. The summed E-state index contributed by atoms with van der Waals surface area (Å²) in [7, 11) is 0. The lowest BCUT2D eigenvalue weighted by molar-refractivity contribution is 0.0529. The van der Waals surface area contributed by atoms with E-state index in [0.717, 1.165) is 44.1 Å². The highest BCUT2D eigenvalue weighted by molar-refractivity contribution is 14.0. The van der Waals surface area contributed by atoms with Crippen molar-refractivity contribution >= 4 is 29.9 Å². The number of rotatable bonds is 8. The van der Waals surface area contributed by atoms with Crippen LogP contribution >= 0.6 is 24.0 Å². The second-order valence-corrected chi connectivity index (χ2v) is 8.07. The summed E-state index contributed by atoms with van der Waals surface area (Å²) in [6, 6.07) is 18.8. The predicted molar refractivity (Wildman–Crippen MR) is 139 cm³/mol. The smallest absolute Gasteiger partial charge is 0.191 e. The molecule has 6 heteroatoms. The van der Waals surface area contributed by atoms with E-state index in [1.54, 1.807) is 0 Å². The average Bonchev–Trinajstić information content (AvgIpc) is 2.79. The molecule has 2 aromatic carbocycles. The minimum Gasteiger partial charge on any atom is -0.396 e. The first-order valence-corrected chi connectivity index (χ1v) is 11.0. The molecule has 0 spiro atoms. The van der Waals surface area contributed by atoms with Crippen LogP contribution in [0.25, 0.3) is 0 Å².